The number of thiazole rings is 1. The Morgan fingerprint density at radius 3 is 2.44 bits per heavy atom. The van der Waals surface area contributed by atoms with E-state index in [1.807, 2.05) is 36.6 Å². The van der Waals surface area contributed by atoms with Crippen LogP contribution in [0.25, 0.3) is 11.3 Å². The predicted molar refractivity (Wildman–Crippen MR) is 97.3 cm³/mol. The van der Waals surface area contributed by atoms with E-state index in [-0.39, 0.29) is 18.8 Å². The van der Waals surface area contributed by atoms with Crippen molar-refractivity contribution in [3.63, 3.8) is 0 Å². The summed E-state index contributed by atoms with van der Waals surface area (Å²) in [5.41, 5.74) is 2.36. The number of ether oxygens (including phenoxy) is 2. The molecule has 1 N–H and O–H groups in total. The highest BCUT2D eigenvalue weighted by molar-refractivity contribution is 7.09. The number of aromatic nitrogens is 1. The summed E-state index contributed by atoms with van der Waals surface area (Å²) in [5.74, 6) is -1.44. The standard InChI is InChI=1S/C18H20N2O4S/c1-4-23-17(21)15(18(22)24-5-2)10-19-14-8-6-7-13(9-14)16-11-25-12(3)20-16/h6-11,19H,4-5H2,1-3H3. The van der Waals surface area contributed by atoms with Crippen molar-refractivity contribution < 1.29 is 19.1 Å². The summed E-state index contributed by atoms with van der Waals surface area (Å²) in [6.45, 7) is 5.65. The highest BCUT2D eigenvalue weighted by Gasteiger charge is 2.20. The van der Waals surface area contributed by atoms with Gasteiger partial charge in [0.05, 0.1) is 23.9 Å². The molecular weight excluding hydrogens is 340 g/mol. The molecule has 0 radical (unpaired) electrons. The maximum Gasteiger partial charge on any atom is 0.347 e. The van der Waals surface area contributed by atoms with Gasteiger partial charge in [0.25, 0.3) is 0 Å². The second-order valence-electron chi connectivity index (χ2n) is 4.98. The third-order valence-corrected chi connectivity index (χ3v) is 3.92. The Kier molecular flexibility index (Phi) is 6.71. The summed E-state index contributed by atoms with van der Waals surface area (Å²) in [7, 11) is 0. The van der Waals surface area contributed by atoms with Gasteiger partial charge in [-0.05, 0) is 32.9 Å². The fourth-order valence-electron chi connectivity index (χ4n) is 2.04. The second kappa shape index (κ2) is 8.98. The van der Waals surface area contributed by atoms with Crippen molar-refractivity contribution >= 4 is 29.0 Å². The highest BCUT2D eigenvalue weighted by atomic mass is 32.1. The molecule has 0 aliphatic rings. The van der Waals surface area contributed by atoms with Gasteiger partial charge in [-0.2, -0.15) is 0 Å². The van der Waals surface area contributed by atoms with Crippen LogP contribution < -0.4 is 5.32 Å². The first-order valence-electron chi connectivity index (χ1n) is 7.88. The number of anilines is 1. The highest BCUT2D eigenvalue weighted by Crippen LogP contribution is 2.24. The number of hydrogen-bond acceptors (Lipinski definition) is 7. The van der Waals surface area contributed by atoms with Gasteiger partial charge in [0.15, 0.2) is 5.57 Å². The van der Waals surface area contributed by atoms with E-state index in [0.717, 1.165) is 16.3 Å². The molecule has 1 aromatic carbocycles. The van der Waals surface area contributed by atoms with Crippen molar-refractivity contribution in [1.82, 2.24) is 4.98 Å². The molecule has 0 atom stereocenters. The molecule has 0 bridgehead atoms. The van der Waals surface area contributed by atoms with Crippen molar-refractivity contribution in [3.05, 3.63) is 46.4 Å². The van der Waals surface area contributed by atoms with Gasteiger partial charge in [0, 0.05) is 22.8 Å². The average molecular weight is 360 g/mol. The Labute approximate surface area is 150 Å². The monoisotopic (exact) mass is 360 g/mol. The smallest absolute Gasteiger partial charge is 0.347 e. The van der Waals surface area contributed by atoms with Crippen LogP contribution in [0.5, 0.6) is 0 Å². The van der Waals surface area contributed by atoms with Gasteiger partial charge in [0.1, 0.15) is 0 Å². The van der Waals surface area contributed by atoms with Gasteiger partial charge in [0.2, 0.25) is 0 Å². The zero-order valence-corrected chi connectivity index (χ0v) is 15.2. The largest absolute Gasteiger partial charge is 0.462 e. The SMILES string of the molecule is CCOC(=O)C(=CNc1cccc(-c2csc(C)n2)c1)C(=O)OCC. The van der Waals surface area contributed by atoms with Crippen LogP contribution in [0.1, 0.15) is 18.9 Å². The Balaban J connectivity index is 2.21. The van der Waals surface area contributed by atoms with Crippen LogP contribution in [0.15, 0.2) is 41.4 Å². The van der Waals surface area contributed by atoms with E-state index in [2.05, 4.69) is 10.3 Å². The van der Waals surface area contributed by atoms with Crippen molar-refractivity contribution in [2.24, 2.45) is 0 Å². The first-order chi connectivity index (χ1) is 12.0. The summed E-state index contributed by atoms with van der Waals surface area (Å²) in [4.78, 5) is 28.3. The van der Waals surface area contributed by atoms with Crippen molar-refractivity contribution in [2.75, 3.05) is 18.5 Å². The zero-order chi connectivity index (χ0) is 18.2. The van der Waals surface area contributed by atoms with Crippen LogP contribution in [0.2, 0.25) is 0 Å². The summed E-state index contributed by atoms with van der Waals surface area (Å²) in [6.07, 6.45) is 1.31. The average Bonchev–Trinajstić information content (AvgIpc) is 3.02. The molecule has 0 spiro atoms. The number of rotatable bonds is 7. The van der Waals surface area contributed by atoms with Crippen molar-refractivity contribution in [1.29, 1.82) is 0 Å². The molecule has 0 saturated carbocycles. The molecule has 7 heteroatoms. The minimum absolute atomic E-state index is 0.175. The lowest BCUT2D eigenvalue weighted by Gasteiger charge is -2.08. The fraction of sp³-hybridized carbons (Fsp3) is 0.278. The van der Waals surface area contributed by atoms with Gasteiger partial charge >= 0.3 is 11.9 Å². The molecule has 0 aliphatic heterocycles. The van der Waals surface area contributed by atoms with Crippen LogP contribution in [0.4, 0.5) is 5.69 Å². The number of nitrogens with zero attached hydrogens (tertiary/aromatic N) is 1. The molecular formula is C18H20N2O4S. The van der Waals surface area contributed by atoms with E-state index in [9.17, 15) is 9.59 Å². The van der Waals surface area contributed by atoms with Gasteiger partial charge < -0.3 is 14.8 Å². The molecule has 25 heavy (non-hydrogen) atoms. The summed E-state index contributed by atoms with van der Waals surface area (Å²) >= 11 is 1.58. The Hall–Kier alpha value is -2.67. The third-order valence-electron chi connectivity index (χ3n) is 3.15. The number of aryl methyl sites for hydroxylation is 1. The van der Waals surface area contributed by atoms with Crippen LogP contribution in [0.3, 0.4) is 0 Å². The van der Waals surface area contributed by atoms with Crippen molar-refractivity contribution in [2.45, 2.75) is 20.8 Å². The molecule has 2 rings (SSSR count). The van der Waals surface area contributed by atoms with E-state index in [0.29, 0.717) is 5.69 Å². The summed E-state index contributed by atoms with van der Waals surface area (Å²) < 4.78 is 9.80. The topological polar surface area (TPSA) is 77.5 Å². The van der Waals surface area contributed by atoms with Gasteiger partial charge in [-0.3, -0.25) is 0 Å². The number of nitrogens with one attached hydrogen (secondary N) is 1. The molecule has 1 aromatic heterocycles. The molecule has 0 fully saturated rings. The molecule has 0 unspecified atom stereocenters. The van der Waals surface area contributed by atoms with E-state index in [4.69, 9.17) is 9.47 Å². The van der Waals surface area contributed by atoms with Gasteiger partial charge in [-0.15, -0.1) is 11.3 Å². The van der Waals surface area contributed by atoms with Crippen LogP contribution >= 0.6 is 11.3 Å². The Morgan fingerprint density at radius 2 is 1.88 bits per heavy atom. The maximum absolute atomic E-state index is 11.9. The van der Waals surface area contributed by atoms with Crippen LogP contribution in [-0.4, -0.2) is 30.1 Å². The molecule has 1 heterocycles. The van der Waals surface area contributed by atoms with Gasteiger partial charge in [-0.25, -0.2) is 14.6 Å². The van der Waals surface area contributed by atoms with Crippen molar-refractivity contribution in [3.8, 4) is 11.3 Å². The fourth-order valence-corrected chi connectivity index (χ4v) is 2.66. The lowest BCUT2D eigenvalue weighted by Crippen LogP contribution is -2.19. The molecule has 0 saturated heterocycles. The molecule has 0 aliphatic carbocycles. The van der Waals surface area contributed by atoms with Crippen LogP contribution in [-0.2, 0) is 19.1 Å². The molecule has 6 nitrogen and oxygen atoms in total. The van der Waals surface area contributed by atoms with E-state index in [1.165, 1.54) is 6.20 Å². The number of carbonyl (C=O) groups excluding carboxylic acids is 2. The summed E-state index contributed by atoms with van der Waals surface area (Å²) in [5, 5.41) is 5.92. The first-order valence-corrected chi connectivity index (χ1v) is 8.76. The Morgan fingerprint density at radius 1 is 1.20 bits per heavy atom. The van der Waals surface area contributed by atoms with E-state index >= 15 is 0 Å². The minimum Gasteiger partial charge on any atom is -0.462 e. The second-order valence-corrected chi connectivity index (χ2v) is 6.04. The van der Waals surface area contributed by atoms with Crippen LogP contribution in [0, 0.1) is 6.92 Å². The molecule has 2 aromatic rings. The van der Waals surface area contributed by atoms with E-state index < -0.39 is 11.9 Å². The number of carbonyl (C=O) groups is 2. The first kappa shape index (κ1) is 18.7. The number of esters is 2. The Bertz CT molecular complexity index is 763. The lowest BCUT2D eigenvalue weighted by molar-refractivity contribution is -0.146. The minimum atomic E-state index is -0.722. The zero-order valence-electron chi connectivity index (χ0n) is 14.4. The normalized spacial score (nSPS) is 10.0. The quantitative estimate of drug-likeness (QED) is 0.352. The number of hydrogen-bond donors (Lipinski definition) is 1. The maximum atomic E-state index is 11.9. The number of benzene rings is 1. The third kappa shape index (κ3) is 5.15. The summed E-state index contributed by atoms with van der Waals surface area (Å²) in [6, 6.07) is 7.53. The molecule has 0 amide bonds. The van der Waals surface area contributed by atoms with E-state index in [1.54, 1.807) is 25.2 Å². The van der Waals surface area contributed by atoms with Gasteiger partial charge in [-0.1, -0.05) is 12.1 Å². The molecule has 132 valence electrons. The lowest BCUT2D eigenvalue weighted by atomic mass is 10.1. The predicted octanol–water partition coefficient (Wildman–Crippen LogP) is 3.54.